The number of benzene rings is 1. The molecule has 1 saturated heterocycles. The molecule has 5 heteroatoms. The molecule has 104 valence electrons. The fourth-order valence-corrected chi connectivity index (χ4v) is 3.75. The highest BCUT2D eigenvalue weighted by Gasteiger charge is 2.42. The van der Waals surface area contributed by atoms with E-state index >= 15 is 0 Å². The van der Waals surface area contributed by atoms with Gasteiger partial charge in [0.2, 0.25) is 11.7 Å². The zero-order chi connectivity index (χ0) is 13.5. The molecule has 4 rings (SSSR count). The van der Waals surface area contributed by atoms with Crippen LogP contribution in [0.2, 0.25) is 5.02 Å². The smallest absolute Gasteiger partial charge is 0.244 e. The first-order valence-electron chi connectivity index (χ1n) is 7.14. The van der Waals surface area contributed by atoms with Crippen molar-refractivity contribution in [3.8, 4) is 11.4 Å². The minimum Gasteiger partial charge on any atom is -0.337 e. The lowest BCUT2D eigenvalue weighted by molar-refractivity contribution is 0.302. The number of nitrogens with zero attached hydrogens (tertiary/aromatic N) is 2. The lowest BCUT2D eigenvalue weighted by Crippen LogP contribution is -2.18. The van der Waals surface area contributed by atoms with Gasteiger partial charge in [0.15, 0.2) is 0 Å². The highest BCUT2D eigenvalue weighted by molar-refractivity contribution is 6.30. The van der Waals surface area contributed by atoms with Crippen LogP contribution in [0.4, 0.5) is 0 Å². The summed E-state index contributed by atoms with van der Waals surface area (Å²) < 4.78 is 5.48. The summed E-state index contributed by atoms with van der Waals surface area (Å²) in [6, 6.07) is 7.77. The van der Waals surface area contributed by atoms with E-state index in [1.54, 1.807) is 0 Å². The molecule has 1 N–H and O–H groups in total. The number of aromatic nitrogens is 2. The normalized spacial score (nSPS) is 28.8. The number of hydrogen-bond acceptors (Lipinski definition) is 4. The molecule has 2 aliphatic rings. The number of nitrogens with one attached hydrogen (secondary N) is 1. The second-order valence-corrected chi connectivity index (χ2v) is 6.14. The van der Waals surface area contributed by atoms with Crippen molar-refractivity contribution in [2.75, 3.05) is 6.54 Å². The zero-order valence-electron chi connectivity index (χ0n) is 11.1. The van der Waals surface area contributed by atoms with Crippen molar-refractivity contribution >= 4 is 11.6 Å². The minimum absolute atomic E-state index is 0.225. The largest absolute Gasteiger partial charge is 0.337 e. The first kappa shape index (κ1) is 12.4. The SMILES string of the molecule is Clc1cccc(-c2noc(C3NCC4CCCC43)n2)c1. The Bertz CT molecular complexity index is 627. The monoisotopic (exact) mass is 289 g/mol. The van der Waals surface area contributed by atoms with Gasteiger partial charge in [0.1, 0.15) is 0 Å². The highest BCUT2D eigenvalue weighted by Crippen LogP contribution is 2.44. The molecule has 0 spiro atoms. The Morgan fingerprint density at radius 2 is 2.25 bits per heavy atom. The van der Waals surface area contributed by atoms with Gasteiger partial charge in [-0.1, -0.05) is 35.3 Å². The summed E-state index contributed by atoms with van der Waals surface area (Å²) in [4.78, 5) is 4.57. The maximum atomic E-state index is 6.00. The molecule has 3 unspecified atom stereocenters. The summed E-state index contributed by atoms with van der Waals surface area (Å²) in [7, 11) is 0. The summed E-state index contributed by atoms with van der Waals surface area (Å²) >= 11 is 6.00. The van der Waals surface area contributed by atoms with Gasteiger partial charge in [-0.2, -0.15) is 4.98 Å². The summed E-state index contributed by atoms with van der Waals surface area (Å²) in [6.45, 7) is 1.07. The van der Waals surface area contributed by atoms with Gasteiger partial charge < -0.3 is 9.84 Å². The third-order valence-electron chi connectivity index (χ3n) is 4.54. The molecule has 2 heterocycles. The van der Waals surface area contributed by atoms with Crippen molar-refractivity contribution in [3.63, 3.8) is 0 Å². The van der Waals surface area contributed by atoms with Crippen LogP contribution in [0.3, 0.4) is 0 Å². The first-order chi connectivity index (χ1) is 9.81. The second kappa shape index (κ2) is 4.86. The molecule has 1 saturated carbocycles. The Labute approximate surface area is 122 Å². The number of halogens is 1. The van der Waals surface area contributed by atoms with Crippen LogP contribution in [0.15, 0.2) is 28.8 Å². The molecule has 20 heavy (non-hydrogen) atoms. The quantitative estimate of drug-likeness (QED) is 0.920. The van der Waals surface area contributed by atoms with E-state index in [1.165, 1.54) is 19.3 Å². The fraction of sp³-hybridized carbons (Fsp3) is 0.467. The molecule has 0 amide bonds. The van der Waals surface area contributed by atoms with Gasteiger partial charge in [-0.3, -0.25) is 0 Å². The van der Waals surface area contributed by atoms with Crippen molar-refractivity contribution in [1.82, 2.24) is 15.5 Å². The van der Waals surface area contributed by atoms with Crippen molar-refractivity contribution < 1.29 is 4.52 Å². The van der Waals surface area contributed by atoms with Gasteiger partial charge >= 0.3 is 0 Å². The lowest BCUT2D eigenvalue weighted by Gasteiger charge is -2.13. The summed E-state index contributed by atoms with van der Waals surface area (Å²) in [5.74, 6) is 2.77. The van der Waals surface area contributed by atoms with E-state index in [2.05, 4.69) is 15.5 Å². The fourth-order valence-electron chi connectivity index (χ4n) is 3.56. The van der Waals surface area contributed by atoms with Crippen molar-refractivity contribution in [2.45, 2.75) is 25.3 Å². The molecule has 1 aliphatic heterocycles. The van der Waals surface area contributed by atoms with Crippen LogP contribution in [0, 0.1) is 11.8 Å². The molecular weight excluding hydrogens is 274 g/mol. The van der Waals surface area contributed by atoms with Crippen molar-refractivity contribution in [1.29, 1.82) is 0 Å². The zero-order valence-corrected chi connectivity index (χ0v) is 11.8. The maximum Gasteiger partial charge on any atom is 0.244 e. The number of rotatable bonds is 2. The third-order valence-corrected chi connectivity index (χ3v) is 4.77. The molecule has 1 aromatic carbocycles. The average Bonchev–Trinajstić information content (AvgIpc) is 3.14. The molecule has 4 nitrogen and oxygen atoms in total. The van der Waals surface area contributed by atoms with Crippen LogP contribution < -0.4 is 5.32 Å². The predicted octanol–water partition coefficient (Wildman–Crippen LogP) is 3.45. The van der Waals surface area contributed by atoms with E-state index < -0.39 is 0 Å². The van der Waals surface area contributed by atoms with E-state index in [0.717, 1.165) is 23.9 Å². The van der Waals surface area contributed by atoms with Gasteiger partial charge in [0.25, 0.3) is 0 Å². The molecule has 0 radical (unpaired) electrons. The molecule has 2 aromatic rings. The van der Waals surface area contributed by atoms with Crippen LogP contribution in [0.5, 0.6) is 0 Å². The van der Waals surface area contributed by atoms with E-state index in [1.807, 2.05) is 24.3 Å². The van der Waals surface area contributed by atoms with E-state index in [-0.39, 0.29) is 6.04 Å². The minimum atomic E-state index is 0.225. The average molecular weight is 290 g/mol. The van der Waals surface area contributed by atoms with Gasteiger partial charge in [0, 0.05) is 10.6 Å². The standard InChI is InChI=1S/C15H16ClN3O/c16-11-5-1-3-9(7-11)14-18-15(20-19-14)13-12-6-2-4-10(12)8-17-13/h1,3,5,7,10,12-13,17H,2,4,6,8H2. The number of hydrogen-bond donors (Lipinski definition) is 1. The molecule has 2 fully saturated rings. The van der Waals surface area contributed by atoms with Gasteiger partial charge in [-0.05, 0) is 43.4 Å². The Kier molecular flexibility index (Phi) is 3.00. The van der Waals surface area contributed by atoms with Crippen LogP contribution in [0.25, 0.3) is 11.4 Å². The van der Waals surface area contributed by atoms with E-state index in [9.17, 15) is 0 Å². The van der Waals surface area contributed by atoms with Crippen molar-refractivity contribution in [2.24, 2.45) is 11.8 Å². The molecular formula is C15H16ClN3O. The summed E-state index contributed by atoms with van der Waals surface area (Å²) in [5, 5.41) is 8.31. The van der Waals surface area contributed by atoms with Crippen LogP contribution >= 0.6 is 11.6 Å². The van der Waals surface area contributed by atoms with Gasteiger partial charge in [-0.25, -0.2) is 0 Å². The Morgan fingerprint density at radius 1 is 1.30 bits per heavy atom. The highest BCUT2D eigenvalue weighted by atomic mass is 35.5. The Balaban J connectivity index is 1.62. The molecule has 1 aromatic heterocycles. The van der Waals surface area contributed by atoms with Gasteiger partial charge in [0.05, 0.1) is 6.04 Å². The first-order valence-corrected chi connectivity index (χ1v) is 7.52. The summed E-state index contributed by atoms with van der Waals surface area (Å²) in [6.07, 6.45) is 3.91. The van der Waals surface area contributed by atoms with Crippen LogP contribution in [0.1, 0.15) is 31.2 Å². The second-order valence-electron chi connectivity index (χ2n) is 5.71. The predicted molar refractivity (Wildman–Crippen MR) is 76.3 cm³/mol. The van der Waals surface area contributed by atoms with Crippen molar-refractivity contribution in [3.05, 3.63) is 35.2 Å². The Hall–Kier alpha value is -1.39. The van der Waals surface area contributed by atoms with E-state index in [4.69, 9.17) is 16.1 Å². The Morgan fingerprint density at radius 3 is 3.15 bits per heavy atom. The van der Waals surface area contributed by atoms with Gasteiger partial charge in [-0.15, -0.1) is 0 Å². The number of fused-ring (bicyclic) bond motifs is 1. The van der Waals surface area contributed by atoms with E-state index in [0.29, 0.717) is 16.8 Å². The maximum absolute atomic E-state index is 6.00. The lowest BCUT2D eigenvalue weighted by atomic mass is 9.94. The third kappa shape index (κ3) is 2.03. The van der Waals surface area contributed by atoms with Crippen LogP contribution in [-0.4, -0.2) is 16.7 Å². The molecule has 1 aliphatic carbocycles. The molecule has 3 atom stereocenters. The summed E-state index contributed by atoms with van der Waals surface area (Å²) in [5.41, 5.74) is 0.897. The molecule has 0 bridgehead atoms. The van der Waals surface area contributed by atoms with Crippen LogP contribution in [-0.2, 0) is 0 Å². The topological polar surface area (TPSA) is 51.0 Å².